The molecule has 0 saturated heterocycles. The topological polar surface area (TPSA) is 68.3 Å². The molecule has 0 heterocycles. The quantitative estimate of drug-likeness (QED) is 0.0449. The third-order valence-corrected chi connectivity index (χ3v) is 17.9. The summed E-state index contributed by atoms with van der Waals surface area (Å²) in [6.07, 6.45) is 110. The minimum atomic E-state index is -0.211. The predicted octanol–water partition coefficient (Wildman–Crippen LogP) is 32.1. The Labute approximate surface area is 625 Å². The van der Waals surface area contributed by atoms with Gasteiger partial charge in [0.1, 0.15) is 23.1 Å². The van der Waals surface area contributed by atoms with Crippen molar-refractivity contribution in [3.05, 3.63) is 134 Å². The lowest BCUT2D eigenvalue weighted by Gasteiger charge is -2.16. The van der Waals surface area contributed by atoms with E-state index in [4.69, 9.17) is 0 Å². The molecule has 0 fully saturated rings. The molecule has 100 heavy (non-hydrogen) atoms. The molecule has 0 atom stereocenters. The summed E-state index contributed by atoms with van der Waals surface area (Å²) in [6, 6.07) is 0. The molecule has 0 aliphatic rings. The van der Waals surface area contributed by atoms with Crippen molar-refractivity contribution in [2.75, 3.05) is 0 Å². The molecule has 0 saturated carbocycles. The van der Waals surface area contributed by atoms with Gasteiger partial charge in [0.25, 0.3) is 0 Å². The fraction of sp³-hybridized carbons (Fsp3) is 0.729. The van der Waals surface area contributed by atoms with E-state index in [-0.39, 0.29) is 21.7 Å². The number of hydrogen-bond acceptors (Lipinski definition) is 4. The minimum absolute atomic E-state index is 0.145. The van der Waals surface area contributed by atoms with Crippen LogP contribution in [0, 0.1) is 21.7 Å². The third kappa shape index (κ3) is 88.0. The van der Waals surface area contributed by atoms with Gasteiger partial charge in [-0.1, -0.05) is 411 Å². The second kappa shape index (κ2) is 77.4. The Morgan fingerprint density at radius 2 is 0.340 bits per heavy atom. The fourth-order valence-corrected chi connectivity index (χ4v) is 10.7. The molecule has 0 N–H and O–H groups in total. The summed E-state index contributed by atoms with van der Waals surface area (Å²) in [5, 5.41) is 0. The van der Waals surface area contributed by atoms with E-state index in [0.717, 1.165) is 109 Å². The monoisotopic (exact) mass is 1390 g/mol. The van der Waals surface area contributed by atoms with Crippen LogP contribution in [0.5, 0.6) is 0 Å². The number of Topliss-reactive ketones (excluding diaryl/α,β-unsaturated/α-hetero) is 4. The van der Waals surface area contributed by atoms with E-state index in [2.05, 4.69) is 161 Å². The highest BCUT2D eigenvalue weighted by atomic mass is 16.1. The molecule has 0 aromatic rings. The van der Waals surface area contributed by atoms with Crippen molar-refractivity contribution in [1.82, 2.24) is 0 Å². The van der Waals surface area contributed by atoms with Crippen LogP contribution in [0.2, 0.25) is 0 Å². The molecule has 0 aromatic carbocycles. The van der Waals surface area contributed by atoms with Crippen molar-refractivity contribution in [3.8, 4) is 0 Å². The Bertz CT molecular complexity index is 2150. The summed E-state index contributed by atoms with van der Waals surface area (Å²) in [7, 11) is 0. The van der Waals surface area contributed by atoms with Crippen LogP contribution >= 0.6 is 0 Å². The third-order valence-electron chi connectivity index (χ3n) is 17.9. The number of allylic oxidation sites excluding steroid dienone is 22. The maximum Gasteiger partial charge on any atom is 0.138 e. The zero-order valence-electron chi connectivity index (χ0n) is 69.7. The number of rotatable bonds is 61. The van der Waals surface area contributed by atoms with Crippen LogP contribution < -0.4 is 0 Å². The van der Waals surface area contributed by atoms with Crippen LogP contribution in [-0.2, 0) is 19.2 Å². The molecule has 578 valence electrons. The molecule has 0 radical (unpaired) electrons. The number of carbonyl (C=O) groups excluding carboxylic acids is 4. The van der Waals surface area contributed by atoms with E-state index >= 15 is 0 Å². The molecule has 0 amide bonds. The molecule has 0 spiro atoms. The Balaban J connectivity index is -0.000000616. The first-order valence-electron chi connectivity index (χ1n) is 42.2. The van der Waals surface area contributed by atoms with Crippen molar-refractivity contribution < 1.29 is 19.2 Å². The molecule has 0 unspecified atom stereocenters. The first kappa shape index (κ1) is 102. The number of carbonyl (C=O) groups is 4. The van der Waals surface area contributed by atoms with Gasteiger partial charge in [-0.15, -0.1) is 0 Å². The summed E-state index contributed by atoms with van der Waals surface area (Å²) in [5.41, 5.74) is -0.674. The van der Waals surface area contributed by atoms with Crippen LogP contribution in [-0.4, -0.2) is 23.1 Å². The standard InChI is InChI=1S/C26H52O.C26H40O.C22H40O.C22H38O/c2*1-5-6-7-8-9-10-11-12-13-14-15-16-17-18-19-20-21-22-23-24-25(27)26(2,3)4;2*1-5-6-7-8-9-10-11-12-13-14-15-16-17-18-19-20-21(23)22(2,3)4/h5-24H2,1-4H3;6-7,9-10,12-13,15-16,18-19,21-22H,5,8,11,14,17,20,23-24H2,1-4H3;9-10,12-13H,5-8,11,14-20H2,1-4H3;6-7,9-10,12-13H,5,8,11,14-20H2,1-4H3/b;7-6-,10-9-,13-12-,16-15-,19-18-,22-21-;10-9-,13-12-;7-6-,10-9-,13-12-. The van der Waals surface area contributed by atoms with Gasteiger partial charge in [0.2, 0.25) is 0 Å². The van der Waals surface area contributed by atoms with Gasteiger partial charge in [-0.05, 0) is 128 Å². The predicted molar refractivity (Wildman–Crippen MR) is 452 cm³/mol. The van der Waals surface area contributed by atoms with Crippen molar-refractivity contribution in [3.63, 3.8) is 0 Å². The van der Waals surface area contributed by atoms with Crippen molar-refractivity contribution in [1.29, 1.82) is 0 Å². The van der Waals surface area contributed by atoms with E-state index in [1.807, 2.05) is 83.1 Å². The van der Waals surface area contributed by atoms with Gasteiger partial charge in [0.15, 0.2) is 0 Å². The van der Waals surface area contributed by atoms with Gasteiger partial charge in [-0.25, -0.2) is 0 Å². The number of unbranched alkanes of at least 4 members (excludes halogenated alkanes) is 31. The molecular formula is C96H170O4. The highest BCUT2D eigenvalue weighted by molar-refractivity contribution is 5.84. The Morgan fingerprint density at radius 3 is 0.560 bits per heavy atom. The maximum absolute atomic E-state index is 11.8. The second-order valence-electron chi connectivity index (χ2n) is 32.3. The summed E-state index contributed by atoms with van der Waals surface area (Å²) >= 11 is 0. The van der Waals surface area contributed by atoms with E-state index < -0.39 is 0 Å². The molecule has 0 aliphatic heterocycles. The molecular weight excluding hydrogens is 1220 g/mol. The maximum atomic E-state index is 11.8. The van der Waals surface area contributed by atoms with Crippen molar-refractivity contribution >= 4 is 23.1 Å². The summed E-state index contributed by atoms with van der Waals surface area (Å²) < 4.78 is 0. The Hall–Kier alpha value is -4.18. The van der Waals surface area contributed by atoms with Gasteiger partial charge in [0.05, 0.1) is 0 Å². The molecule has 4 heteroatoms. The lowest BCUT2D eigenvalue weighted by atomic mass is 9.88. The van der Waals surface area contributed by atoms with Crippen molar-refractivity contribution in [2.45, 2.75) is 432 Å². The summed E-state index contributed by atoms with van der Waals surface area (Å²) in [5.74, 6) is 1.57. The van der Waals surface area contributed by atoms with Crippen LogP contribution in [0.4, 0.5) is 0 Å². The lowest BCUT2D eigenvalue weighted by molar-refractivity contribution is -0.127. The highest BCUT2D eigenvalue weighted by Crippen LogP contribution is 2.23. The second-order valence-corrected chi connectivity index (χ2v) is 32.3. The first-order chi connectivity index (χ1) is 47.9. The van der Waals surface area contributed by atoms with Gasteiger partial charge >= 0.3 is 0 Å². The highest BCUT2D eigenvalue weighted by Gasteiger charge is 2.22. The van der Waals surface area contributed by atoms with Gasteiger partial charge < -0.3 is 0 Å². The van der Waals surface area contributed by atoms with Crippen LogP contribution in [0.25, 0.3) is 0 Å². The smallest absolute Gasteiger partial charge is 0.138 e. The van der Waals surface area contributed by atoms with Gasteiger partial charge in [0, 0.05) is 47.3 Å². The van der Waals surface area contributed by atoms with Gasteiger partial charge in [-0.3, -0.25) is 19.2 Å². The molecule has 0 aliphatic carbocycles. The average molecular weight is 1390 g/mol. The van der Waals surface area contributed by atoms with Crippen LogP contribution in [0.3, 0.4) is 0 Å². The molecule has 4 nitrogen and oxygen atoms in total. The summed E-state index contributed by atoms with van der Waals surface area (Å²) in [6.45, 7) is 33.0. The Morgan fingerprint density at radius 1 is 0.180 bits per heavy atom. The molecule has 0 bridgehead atoms. The van der Waals surface area contributed by atoms with E-state index in [9.17, 15) is 19.2 Å². The van der Waals surface area contributed by atoms with Crippen molar-refractivity contribution in [2.24, 2.45) is 21.7 Å². The first-order valence-corrected chi connectivity index (χ1v) is 42.2. The normalized spacial score (nSPS) is 12.7. The number of ketones is 4. The van der Waals surface area contributed by atoms with Crippen LogP contribution in [0.1, 0.15) is 432 Å². The fourth-order valence-electron chi connectivity index (χ4n) is 10.7. The van der Waals surface area contributed by atoms with E-state index in [1.54, 1.807) is 0 Å². The van der Waals surface area contributed by atoms with Crippen LogP contribution in [0.15, 0.2) is 134 Å². The zero-order chi connectivity index (χ0) is 75.2. The Kier molecular flexibility index (Phi) is 79.1. The molecule has 0 rings (SSSR count). The zero-order valence-corrected chi connectivity index (χ0v) is 69.7. The molecule has 0 aromatic heterocycles. The number of hydrogen-bond donors (Lipinski definition) is 0. The van der Waals surface area contributed by atoms with E-state index in [1.165, 1.54) is 205 Å². The SMILES string of the molecule is CC/C=C\C/C=C\C/C=C\C/C=C\C/C=C\C/C=C\CCC(=O)C(C)(C)C.CC/C=C\C/C=C\C/C=C\CCCCCCCC(=O)C(C)(C)C.CCCCC/C=C\C/C=C\CCCCCCCC(=O)C(C)(C)C.CCCCCCCCCCCCCCCCCCCCCC(=O)C(C)(C)C. The average Bonchev–Trinajstić information content (AvgIpc) is 0.980. The summed E-state index contributed by atoms with van der Waals surface area (Å²) in [4.78, 5) is 47.2. The van der Waals surface area contributed by atoms with Gasteiger partial charge in [-0.2, -0.15) is 0 Å². The van der Waals surface area contributed by atoms with E-state index in [0.29, 0.717) is 29.6 Å². The minimum Gasteiger partial charge on any atom is -0.299 e. The lowest BCUT2D eigenvalue weighted by Crippen LogP contribution is -2.19. The largest absolute Gasteiger partial charge is 0.299 e.